The van der Waals surface area contributed by atoms with E-state index in [1.54, 1.807) is 24.3 Å². The van der Waals surface area contributed by atoms with Gasteiger partial charge in [0.25, 0.3) is 0 Å². The van der Waals surface area contributed by atoms with Crippen LogP contribution in [0.5, 0.6) is 5.75 Å². The molecule has 1 N–H and O–H groups in total. The predicted molar refractivity (Wildman–Crippen MR) is 92.5 cm³/mol. The third-order valence-electron chi connectivity index (χ3n) is 4.11. The van der Waals surface area contributed by atoms with E-state index in [1.165, 1.54) is 0 Å². The van der Waals surface area contributed by atoms with Crippen LogP contribution in [-0.2, 0) is 4.74 Å². The van der Waals surface area contributed by atoms with Crippen LogP contribution in [-0.4, -0.2) is 49.5 Å². The molecule has 1 saturated heterocycles. The molecule has 0 aromatic heterocycles. The highest BCUT2D eigenvalue weighted by molar-refractivity contribution is 5.89. The van der Waals surface area contributed by atoms with Crippen molar-refractivity contribution in [2.75, 3.05) is 31.7 Å². The van der Waals surface area contributed by atoms with Gasteiger partial charge in [0.1, 0.15) is 12.3 Å². The molecule has 5 nitrogen and oxygen atoms in total. The Morgan fingerprint density at radius 3 is 2.50 bits per heavy atom. The van der Waals surface area contributed by atoms with Gasteiger partial charge in [-0.1, -0.05) is 13.3 Å². The van der Waals surface area contributed by atoms with E-state index in [2.05, 4.69) is 12.2 Å². The number of urea groups is 1. The lowest BCUT2D eigenvalue weighted by Crippen LogP contribution is -2.49. The van der Waals surface area contributed by atoms with Crippen molar-refractivity contribution < 1.29 is 27.4 Å². The molecule has 2 rings (SSSR count). The normalized spacial score (nSPS) is 15.5. The molecule has 2 amide bonds. The molecule has 8 heteroatoms. The minimum absolute atomic E-state index is 0.357. The molecule has 1 fully saturated rings. The molecule has 0 aliphatic carbocycles. The Labute approximate surface area is 151 Å². The van der Waals surface area contributed by atoms with Gasteiger partial charge in [0, 0.05) is 24.9 Å². The Morgan fingerprint density at radius 2 is 1.92 bits per heavy atom. The fourth-order valence-corrected chi connectivity index (χ4v) is 2.72. The van der Waals surface area contributed by atoms with Crippen LogP contribution in [0.4, 0.5) is 23.7 Å². The first-order valence-corrected chi connectivity index (χ1v) is 8.84. The van der Waals surface area contributed by atoms with E-state index in [-0.39, 0.29) is 0 Å². The SMILES string of the molecule is CCCCOc1ccc(NC(=O)N(CC(F)(F)F)C2CCOCC2)cc1. The fraction of sp³-hybridized carbons (Fsp3) is 0.611. The standard InChI is InChI=1S/C18H25F3N2O3/c1-2-3-10-26-16-6-4-14(5-7-16)22-17(24)23(13-18(19,20)21)15-8-11-25-12-9-15/h4-7,15H,2-3,8-13H2,1H3,(H,22,24). The molecule has 1 aliphatic rings. The van der Waals surface area contributed by atoms with Crippen LogP contribution < -0.4 is 10.1 Å². The van der Waals surface area contributed by atoms with Crippen LogP contribution in [0.2, 0.25) is 0 Å². The molecule has 1 heterocycles. The number of ether oxygens (including phenoxy) is 2. The van der Waals surface area contributed by atoms with Gasteiger partial charge in [-0.25, -0.2) is 4.79 Å². The summed E-state index contributed by atoms with van der Waals surface area (Å²) in [6.45, 7) is 2.10. The summed E-state index contributed by atoms with van der Waals surface area (Å²) >= 11 is 0. The van der Waals surface area contributed by atoms with E-state index in [0.717, 1.165) is 17.7 Å². The number of carbonyl (C=O) groups is 1. The van der Waals surface area contributed by atoms with Crippen LogP contribution in [0.15, 0.2) is 24.3 Å². The number of hydrogen-bond donors (Lipinski definition) is 1. The van der Waals surface area contributed by atoms with Crippen molar-refractivity contribution in [3.63, 3.8) is 0 Å². The number of nitrogens with zero attached hydrogens (tertiary/aromatic N) is 1. The third-order valence-corrected chi connectivity index (χ3v) is 4.11. The van der Waals surface area contributed by atoms with Gasteiger partial charge in [0.05, 0.1) is 6.61 Å². The van der Waals surface area contributed by atoms with E-state index in [9.17, 15) is 18.0 Å². The van der Waals surface area contributed by atoms with Crippen molar-refractivity contribution in [3.8, 4) is 5.75 Å². The Morgan fingerprint density at radius 1 is 1.27 bits per heavy atom. The second-order valence-corrected chi connectivity index (χ2v) is 6.24. The molecule has 1 aliphatic heterocycles. The summed E-state index contributed by atoms with van der Waals surface area (Å²) < 4.78 is 49.4. The van der Waals surface area contributed by atoms with Crippen molar-refractivity contribution in [2.45, 2.75) is 44.8 Å². The van der Waals surface area contributed by atoms with E-state index in [1.807, 2.05) is 0 Å². The van der Waals surface area contributed by atoms with Crippen molar-refractivity contribution in [2.24, 2.45) is 0 Å². The van der Waals surface area contributed by atoms with Gasteiger partial charge in [-0.3, -0.25) is 0 Å². The van der Waals surface area contributed by atoms with Crippen molar-refractivity contribution in [3.05, 3.63) is 24.3 Å². The number of rotatable bonds is 7. The van der Waals surface area contributed by atoms with Crippen LogP contribution in [0.25, 0.3) is 0 Å². The molecule has 0 atom stereocenters. The van der Waals surface area contributed by atoms with E-state index in [0.29, 0.717) is 44.1 Å². The number of alkyl halides is 3. The van der Waals surface area contributed by atoms with Crippen LogP contribution in [0.1, 0.15) is 32.6 Å². The molecule has 1 aromatic rings. The molecule has 1 aromatic carbocycles. The monoisotopic (exact) mass is 374 g/mol. The lowest BCUT2D eigenvalue weighted by molar-refractivity contribution is -0.146. The van der Waals surface area contributed by atoms with Crippen LogP contribution in [0, 0.1) is 0 Å². The van der Waals surface area contributed by atoms with Gasteiger partial charge < -0.3 is 19.7 Å². The highest BCUT2D eigenvalue weighted by Gasteiger charge is 2.37. The zero-order valence-electron chi connectivity index (χ0n) is 14.8. The second-order valence-electron chi connectivity index (χ2n) is 6.24. The summed E-state index contributed by atoms with van der Waals surface area (Å²) in [5.41, 5.74) is 0.428. The Kier molecular flexibility index (Phi) is 7.56. The Hall–Kier alpha value is -1.96. The van der Waals surface area contributed by atoms with Crippen molar-refractivity contribution in [1.82, 2.24) is 4.90 Å². The topological polar surface area (TPSA) is 50.8 Å². The predicted octanol–water partition coefficient (Wildman–Crippen LogP) is 4.44. The summed E-state index contributed by atoms with van der Waals surface area (Å²) in [7, 11) is 0. The number of amides is 2. The summed E-state index contributed by atoms with van der Waals surface area (Å²) in [5, 5.41) is 2.55. The fourth-order valence-electron chi connectivity index (χ4n) is 2.72. The average molecular weight is 374 g/mol. The van der Waals surface area contributed by atoms with Crippen LogP contribution >= 0.6 is 0 Å². The summed E-state index contributed by atoms with van der Waals surface area (Å²) in [6, 6.07) is 5.38. The number of nitrogens with one attached hydrogen (secondary N) is 1. The minimum Gasteiger partial charge on any atom is -0.494 e. The molecular formula is C18H25F3N2O3. The maximum Gasteiger partial charge on any atom is 0.406 e. The van der Waals surface area contributed by atoms with E-state index < -0.39 is 24.8 Å². The summed E-state index contributed by atoms with van der Waals surface area (Å²) in [6.07, 6.45) is -1.70. The smallest absolute Gasteiger partial charge is 0.406 e. The maximum absolute atomic E-state index is 12.9. The number of benzene rings is 1. The summed E-state index contributed by atoms with van der Waals surface area (Å²) in [4.78, 5) is 13.3. The van der Waals surface area contributed by atoms with Crippen molar-refractivity contribution in [1.29, 1.82) is 0 Å². The van der Waals surface area contributed by atoms with Crippen LogP contribution in [0.3, 0.4) is 0 Å². The van der Waals surface area contributed by atoms with Gasteiger partial charge in [-0.05, 0) is 43.5 Å². The lowest BCUT2D eigenvalue weighted by Gasteiger charge is -2.34. The van der Waals surface area contributed by atoms with Gasteiger partial charge in [-0.2, -0.15) is 13.2 Å². The molecule has 0 saturated carbocycles. The summed E-state index contributed by atoms with van der Waals surface area (Å²) in [5.74, 6) is 0.660. The van der Waals surface area contributed by atoms with Crippen molar-refractivity contribution >= 4 is 11.7 Å². The first-order chi connectivity index (χ1) is 12.4. The molecule has 146 valence electrons. The Bertz CT molecular complexity index is 558. The number of anilines is 1. The third kappa shape index (κ3) is 6.74. The Balaban J connectivity index is 1.98. The van der Waals surface area contributed by atoms with E-state index >= 15 is 0 Å². The van der Waals surface area contributed by atoms with Gasteiger partial charge >= 0.3 is 12.2 Å². The molecule has 0 unspecified atom stereocenters. The minimum atomic E-state index is -4.45. The molecule has 0 bridgehead atoms. The first kappa shape index (κ1) is 20.4. The maximum atomic E-state index is 12.9. The highest BCUT2D eigenvalue weighted by atomic mass is 19.4. The number of halogens is 3. The quantitative estimate of drug-likeness (QED) is 0.718. The molecule has 0 radical (unpaired) electrons. The van der Waals surface area contributed by atoms with E-state index in [4.69, 9.17) is 9.47 Å². The first-order valence-electron chi connectivity index (χ1n) is 8.84. The van der Waals surface area contributed by atoms with Gasteiger partial charge in [0.2, 0.25) is 0 Å². The number of unbranched alkanes of at least 4 members (excludes halogenated alkanes) is 1. The molecular weight excluding hydrogens is 349 g/mol. The zero-order chi connectivity index (χ0) is 19.0. The lowest BCUT2D eigenvalue weighted by atomic mass is 10.1. The largest absolute Gasteiger partial charge is 0.494 e. The number of carbonyl (C=O) groups excluding carboxylic acids is 1. The number of hydrogen-bond acceptors (Lipinski definition) is 3. The van der Waals surface area contributed by atoms with Gasteiger partial charge in [0.15, 0.2) is 0 Å². The van der Waals surface area contributed by atoms with Gasteiger partial charge in [-0.15, -0.1) is 0 Å². The average Bonchev–Trinajstić information content (AvgIpc) is 2.61. The second kappa shape index (κ2) is 9.66. The zero-order valence-corrected chi connectivity index (χ0v) is 14.8. The molecule has 26 heavy (non-hydrogen) atoms. The molecule has 0 spiro atoms. The highest BCUT2D eigenvalue weighted by Crippen LogP contribution is 2.24.